The van der Waals surface area contributed by atoms with Crippen LogP contribution in [0.4, 0.5) is 0 Å². The van der Waals surface area contributed by atoms with Gasteiger partial charge in [-0.25, -0.2) is 0 Å². The molecule has 0 amide bonds. The molecule has 0 aliphatic carbocycles. The van der Waals surface area contributed by atoms with Crippen LogP contribution in [0.1, 0.15) is 11.1 Å². The molecule has 3 N–H and O–H groups in total. The van der Waals surface area contributed by atoms with Crippen LogP contribution in [-0.4, -0.2) is 13.7 Å². The second-order valence-corrected chi connectivity index (χ2v) is 2.91. The summed E-state index contributed by atoms with van der Waals surface area (Å²) < 4.78 is 5.16. The molecular formula is C10H16NO+. The molecule has 0 fully saturated rings. The van der Waals surface area contributed by atoms with Crippen LogP contribution in [0.3, 0.4) is 0 Å². The molecule has 0 saturated heterocycles. The summed E-state index contributed by atoms with van der Waals surface area (Å²) in [4.78, 5) is 0. The molecule has 0 aliphatic heterocycles. The zero-order chi connectivity index (χ0) is 8.97. The number of methoxy groups -OCH3 is 1. The van der Waals surface area contributed by atoms with E-state index in [2.05, 4.69) is 24.8 Å². The highest BCUT2D eigenvalue weighted by Crippen LogP contribution is 2.18. The zero-order valence-electron chi connectivity index (χ0n) is 7.76. The lowest BCUT2D eigenvalue weighted by molar-refractivity contribution is -0.366. The lowest BCUT2D eigenvalue weighted by Crippen LogP contribution is -2.51. The number of hydrogen-bond donors (Lipinski definition) is 1. The minimum Gasteiger partial charge on any atom is -0.496 e. The molecule has 1 aromatic rings. The largest absolute Gasteiger partial charge is 0.496 e. The first-order valence-electron chi connectivity index (χ1n) is 4.20. The summed E-state index contributed by atoms with van der Waals surface area (Å²) >= 11 is 0. The van der Waals surface area contributed by atoms with Crippen molar-refractivity contribution < 1.29 is 10.5 Å². The van der Waals surface area contributed by atoms with Crippen LogP contribution in [0, 0.1) is 6.92 Å². The Morgan fingerprint density at radius 3 is 2.67 bits per heavy atom. The van der Waals surface area contributed by atoms with Gasteiger partial charge in [-0.2, -0.15) is 0 Å². The monoisotopic (exact) mass is 166 g/mol. The molecule has 0 bridgehead atoms. The molecule has 0 aromatic heterocycles. The summed E-state index contributed by atoms with van der Waals surface area (Å²) in [5.41, 5.74) is 6.36. The first-order chi connectivity index (χ1) is 5.77. The summed E-state index contributed by atoms with van der Waals surface area (Å²) in [7, 11) is 1.70. The number of aryl methyl sites for hydroxylation is 1. The zero-order valence-corrected chi connectivity index (χ0v) is 7.76. The van der Waals surface area contributed by atoms with E-state index >= 15 is 0 Å². The van der Waals surface area contributed by atoms with E-state index in [0.29, 0.717) is 0 Å². The van der Waals surface area contributed by atoms with Crippen molar-refractivity contribution >= 4 is 0 Å². The number of rotatable bonds is 3. The lowest BCUT2D eigenvalue weighted by atomic mass is 10.1. The van der Waals surface area contributed by atoms with Crippen molar-refractivity contribution in [3.8, 4) is 5.75 Å². The van der Waals surface area contributed by atoms with E-state index < -0.39 is 0 Å². The topological polar surface area (TPSA) is 36.9 Å². The predicted molar refractivity (Wildman–Crippen MR) is 49.2 cm³/mol. The van der Waals surface area contributed by atoms with Crippen molar-refractivity contribution in [2.45, 2.75) is 13.3 Å². The van der Waals surface area contributed by atoms with Gasteiger partial charge in [0.2, 0.25) is 0 Å². The fourth-order valence-corrected chi connectivity index (χ4v) is 1.30. The highest BCUT2D eigenvalue weighted by Gasteiger charge is 1.98. The second-order valence-electron chi connectivity index (χ2n) is 2.91. The molecular weight excluding hydrogens is 150 g/mol. The third kappa shape index (κ3) is 1.98. The van der Waals surface area contributed by atoms with Gasteiger partial charge in [-0.3, -0.25) is 0 Å². The van der Waals surface area contributed by atoms with Crippen molar-refractivity contribution in [1.82, 2.24) is 0 Å². The maximum atomic E-state index is 5.16. The van der Waals surface area contributed by atoms with Gasteiger partial charge in [0.25, 0.3) is 0 Å². The fraction of sp³-hybridized carbons (Fsp3) is 0.400. The minimum atomic E-state index is 0.950. The van der Waals surface area contributed by atoms with E-state index in [-0.39, 0.29) is 0 Å². The highest BCUT2D eigenvalue weighted by atomic mass is 16.5. The normalized spacial score (nSPS) is 9.92. The molecule has 0 atom stereocenters. The Kier molecular flexibility index (Phi) is 3.11. The van der Waals surface area contributed by atoms with Gasteiger partial charge in [0.05, 0.1) is 13.7 Å². The van der Waals surface area contributed by atoms with Gasteiger partial charge in [-0.15, -0.1) is 0 Å². The van der Waals surface area contributed by atoms with Gasteiger partial charge in [0.15, 0.2) is 0 Å². The van der Waals surface area contributed by atoms with E-state index in [1.165, 1.54) is 11.1 Å². The van der Waals surface area contributed by atoms with Crippen LogP contribution in [0.25, 0.3) is 0 Å². The predicted octanol–water partition coefficient (Wildman–Crippen LogP) is 0.788. The number of benzene rings is 1. The van der Waals surface area contributed by atoms with Gasteiger partial charge in [-0.05, 0) is 24.1 Å². The van der Waals surface area contributed by atoms with Crippen LogP contribution >= 0.6 is 0 Å². The Morgan fingerprint density at radius 2 is 2.17 bits per heavy atom. The van der Waals surface area contributed by atoms with Gasteiger partial charge in [-0.1, -0.05) is 12.1 Å². The molecule has 2 nitrogen and oxygen atoms in total. The maximum Gasteiger partial charge on any atom is 0.121 e. The van der Waals surface area contributed by atoms with E-state index in [1.807, 2.05) is 6.07 Å². The lowest BCUT2D eigenvalue weighted by Gasteiger charge is -2.05. The molecule has 0 spiro atoms. The Bertz CT molecular complexity index is 258. The Morgan fingerprint density at radius 1 is 1.42 bits per heavy atom. The van der Waals surface area contributed by atoms with Crippen molar-refractivity contribution in [2.75, 3.05) is 13.7 Å². The second kappa shape index (κ2) is 4.12. The van der Waals surface area contributed by atoms with Crippen LogP contribution in [0.2, 0.25) is 0 Å². The van der Waals surface area contributed by atoms with E-state index in [9.17, 15) is 0 Å². The highest BCUT2D eigenvalue weighted by molar-refractivity contribution is 5.36. The third-order valence-corrected chi connectivity index (χ3v) is 1.92. The maximum absolute atomic E-state index is 5.16. The molecule has 12 heavy (non-hydrogen) atoms. The Hall–Kier alpha value is -1.02. The van der Waals surface area contributed by atoms with Crippen LogP contribution < -0.4 is 10.5 Å². The summed E-state index contributed by atoms with van der Waals surface area (Å²) in [5.74, 6) is 0.961. The van der Waals surface area contributed by atoms with E-state index in [4.69, 9.17) is 4.74 Å². The molecule has 0 heterocycles. The van der Waals surface area contributed by atoms with Gasteiger partial charge in [0.1, 0.15) is 5.75 Å². The summed E-state index contributed by atoms with van der Waals surface area (Å²) in [6.07, 6.45) is 1.05. The summed E-state index contributed by atoms with van der Waals surface area (Å²) in [6.45, 7) is 3.01. The van der Waals surface area contributed by atoms with Gasteiger partial charge < -0.3 is 10.5 Å². The number of ether oxygens (including phenoxy) is 1. The van der Waals surface area contributed by atoms with Crippen molar-refractivity contribution in [3.05, 3.63) is 29.3 Å². The molecule has 66 valence electrons. The molecule has 0 aliphatic rings. The SMILES string of the molecule is COc1ccc(CC[NH3+])cc1C. The molecule has 1 aromatic carbocycles. The number of quaternary nitrogens is 1. The average molecular weight is 166 g/mol. The molecule has 1 rings (SSSR count). The molecule has 0 unspecified atom stereocenters. The van der Waals surface area contributed by atoms with Gasteiger partial charge in [0, 0.05) is 6.42 Å². The average Bonchev–Trinajstić information content (AvgIpc) is 2.05. The Balaban J connectivity index is 2.86. The van der Waals surface area contributed by atoms with Crippen molar-refractivity contribution in [1.29, 1.82) is 0 Å². The van der Waals surface area contributed by atoms with Crippen LogP contribution in [0.5, 0.6) is 5.75 Å². The molecule has 2 heteroatoms. The third-order valence-electron chi connectivity index (χ3n) is 1.92. The first kappa shape index (κ1) is 9.07. The smallest absolute Gasteiger partial charge is 0.121 e. The minimum absolute atomic E-state index is 0.950. The van der Waals surface area contributed by atoms with Crippen molar-refractivity contribution in [2.24, 2.45) is 0 Å². The quantitative estimate of drug-likeness (QED) is 0.708. The standard InChI is InChI=1S/C10H15NO/c1-8-7-9(5-6-11)3-4-10(8)12-2/h3-4,7H,5-6,11H2,1-2H3/p+1. The van der Waals surface area contributed by atoms with Crippen molar-refractivity contribution in [3.63, 3.8) is 0 Å². The van der Waals surface area contributed by atoms with E-state index in [1.54, 1.807) is 7.11 Å². The van der Waals surface area contributed by atoms with Crippen LogP contribution in [-0.2, 0) is 6.42 Å². The fourth-order valence-electron chi connectivity index (χ4n) is 1.30. The molecule has 0 saturated carbocycles. The van der Waals surface area contributed by atoms with Crippen LogP contribution in [0.15, 0.2) is 18.2 Å². The Labute approximate surface area is 73.3 Å². The number of hydrogen-bond acceptors (Lipinski definition) is 1. The summed E-state index contributed by atoms with van der Waals surface area (Å²) in [5, 5.41) is 0. The first-order valence-corrected chi connectivity index (χ1v) is 4.20. The van der Waals surface area contributed by atoms with E-state index in [0.717, 1.165) is 18.7 Å². The van der Waals surface area contributed by atoms with Gasteiger partial charge >= 0.3 is 0 Å². The summed E-state index contributed by atoms with van der Waals surface area (Å²) in [6, 6.07) is 6.27. The molecule has 0 radical (unpaired) electrons.